The SMILES string of the molecule is CN(N)/N=C(\N)CNC(=O)N1CCc2[nH]nc(-c3ccccc3)c2C1.CN=C(C=CN)CNC(=O)N1CCc2[nH]nc(-c3ccccc3)c2C1.CN=CC=C(N)CNC(=O)N1CCc2[nH]nc(-c3ccccc3)c2C1.Cn1cc(CNC(=O)N2CCc3[nH]nc(-c4ccccc4)c3C2)cn1.N=C(CNC(=O)N1CCc2[nH]nc(-c3ccccc3)c2C1)N=CN.O=C(NCc1cncs1)N1CCc2[nH]nc(-c3ccccc3)c2C1. The number of amidine groups is 2. The van der Waals surface area contributed by atoms with Gasteiger partial charge in [0.05, 0.1) is 130 Å². The van der Waals surface area contributed by atoms with Crippen LogP contribution in [0.1, 0.15) is 78.0 Å². The van der Waals surface area contributed by atoms with Crippen molar-refractivity contribution in [3.63, 3.8) is 0 Å². The number of carbonyl (C=O) groups excluding carboxylic acids is 6. The molecule has 0 unspecified atom stereocenters. The highest BCUT2D eigenvalue weighted by molar-refractivity contribution is 7.09. The molecule has 12 amide bonds. The summed E-state index contributed by atoms with van der Waals surface area (Å²) in [5, 5.41) is 78.9. The molecule has 0 fully saturated rings. The maximum absolute atomic E-state index is 12.5. The summed E-state index contributed by atoms with van der Waals surface area (Å²) in [6.07, 6.45) is 17.4. The number of hydrogen-bond acceptors (Lipinski definition) is 23. The van der Waals surface area contributed by atoms with Crippen molar-refractivity contribution >= 4 is 77.5 Å². The summed E-state index contributed by atoms with van der Waals surface area (Å²) in [5.41, 5.74) is 50.9. The number of nitrogens with zero attached hydrogens (tertiary/aromatic N) is 20. The number of amides is 12. The minimum absolute atomic E-state index is 0.0110. The number of aromatic nitrogens is 15. The number of carbonyl (C=O) groups is 6. The van der Waals surface area contributed by atoms with Crippen LogP contribution in [-0.4, -0.2) is 263 Å². The highest BCUT2D eigenvalue weighted by Crippen LogP contribution is 2.36. The number of hydrazine groups is 1. The summed E-state index contributed by atoms with van der Waals surface area (Å²) in [6, 6.07) is 59.2. The third-order valence-corrected chi connectivity index (χ3v) is 25.7. The Balaban J connectivity index is 0.000000133. The van der Waals surface area contributed by atoms with E-state index in [9.17, 15) is 28.8 Å². The van der Waals surface area contributed by atoms with Crippen LogP contribution in [0.3, 0.4) is 0 Å². The van der Waals surface area contributed by atoms with Crippen molar-refractivity contribution < 1.29 is 28.8 Å². The number of nitrogens with two attached hydrogens (primary N) is 5. The Hall–Kier alpha value is -18.2. The van der Waals surface area contributed by atoms with Crippen LogP contribution in [-0.2, 0) is 97.9 Å². The molecule has 23 N–H and O–H groups in total. The number of H-pyrrole nitrogens is 6. The summed E-state index contributed by atoms with van der Waals surface area (Å²) in [7, 11) is 6.77. The van der Waals surface area contributed by atoms with Crippen molar-refractivity contribution in [2.24, 2.45) is 55.9 Å². The zero-order chi connectivity index (χ0) is 104. The average molecular weight is 2020 g/mol. The molecule has 766 valence electrons. The normalized spacial score (nSPS) is 14.0. The van der Waals surface area contributed by atoms with Gasteiger partial charge in [-0.2, -0.15) is 35.7 Å². The first-order chi connectivity index (χ1) is 72.2. The summed E-state index contributed by atoms with van der Waals surface area (Å²) in [4.78, 5) is 102. The molecule has 8 aromatic heterocycles. The number of rotatable bonds is 21. The first kappa shape index (κ1) is 104. The maximum atomic E-state index is 12.5. The van der Waals surface area contributed by atoms with E-state index in [1.54, 1.807) is 93.0 Å². The lowest BCUT2D eigenvalue weighted by Crippen LogP contribution is -2.45. The highest BCUT2D eigenvalue weighted by Gasteiger charge is 2.33. The molecule has 44 nitrogen and oxygen atoms in total. The molecule has 0 saturated carbocycles. The van der Waals surface area contributed by atoms with E-state index in [-0.39, 0.29) is 60.9 Å². The Morgan fingerprint density at radius 3 is 1.03 bits per heavy atom. The molecular weight excluding hydrogens is 1900 g/mol. The Kier molecular flexibility index (Phi) is 36.4. The van der Waals surface area contributed by atoms with E-state index in [4.69, 9.17) is 34.2 Å². The van der Waals surface area contributed by atoms with Gasteiger partial charge in [0, 0.05) is 248 Å². The molecule has 6 aromatic carbocycles. The summed E-state index contributed by atoms with van der Waals surface area (Å²) < 4.78 is 1.73. The molecular formula is C103H122N38O6S. The lowest BCUT2D eigenvalue weighted by Gasteiger charge is -2.27. The summed E-state index contributed by atoms with van der Waals surface area (Å²) in [6.45, 7) is 8.90. The van der Waals surface area contributed by atoms with Crippen LogP contribution in [0.2, 0.25) is 0 Å². The van der Waals surface area contributed by atoms with Crippen LogP contribution >= 0.6 is 11.3 Å². The monoisotopic (exact) mass is 2020 g/mol. The number of hydrazone groups is 1. The van der Waals surface area contributed by atoms with Gasteiger partial charge < -0.3 is 84.2 Å². The molecule has 0 saturated heterocycles. The Morgan fingerprint density at radius 1 is 0.432 bits per heavy atom. The van der Waals surface area contributed by atoms with Crippen LogP contribution in [0.5, 0.6) is 0 Å². The third kappa shape index (κ3) is 27.8. The zero-order valence-corrected chi connectivity index (χ0v) is 83.5. The van der Waals surface area contributed by atoms with E-state index in [0.29, 0.717) is 110 Å². The minimum atomic E-state index is -0.224. The number of hydrogen-bond donors (Lipinski definition) is 18. The number of allylic oxidation sites excluding steroid dienone is 1. The topological polar surface area (TPSA) is 603 Å². The number of aliphatic imine (C=N–C) groups is 3. The van der Waals surface area contributed by atoms with Crippen LogP contribution in [0.15, 0.2) is 250 Å². The Labute approximate surface area is 858 Å². The smallest absolute Gasteiger partial charge is 0.318 e. The van der Waals surface area contributed by atoms with E-state index in [2.05, 4.69) is 123 Å². The standard InChI is InChI=1S/C18H20N6O.2C18H22N6O.C17H17N5OS.C16H22N8O.C16H19N7O/c1-23-11-13(10-20-23)9-19-18(25)24-8-7-16-15(12-24)17(22-21-16)14-5-3-2-4-6-14;1-20-9-7-14(19)11-21-18(25)24-10-8-16-15(12-24)17(23-22-16)13-5-3-2-4-6-13;1-20-14(7-9-19)11-21-18(25)24-10-8-16-15(12-24)17(23-22-16)13-5-3-2-4-6-13;23-17(19-9-13-8-18-11-24-13)22-7-6-15-14(10-22)16(21-20-15)12-4-2-1-3-5-12;1-23(18)22-14(17)9-19-16(25)24-8-7-13-12(10-24)15(21-20-13)11-5-3-2-4-6-11;17-10-20-14(18)8-19-16(24)23-7-6-13-12(9-23)15(22-21-13)11-4-2-1-3-5-11/h2-6,10-11H,7-9,12H2,1H3,(H,19,25)(H,21,22);2*2-7,9H,8,10-12,19H2,1H3,(H,21,25)(H,22,23);1-5,8,11H,6-7,9-10H2,(H,19,23)(H,20,21);2-6H,7-10,18H2,1H3,(H2,17,22)(H,19,25)(H,20,21);1-5,10H,6-9H2,(H,19,24)(H,21,22)(H3,17,18,20). The van der Waals surface area contributed by atoms with Gasteiger partial charge >= 0.3 is 36.2 Å². The van der Waals surface area contributed by atoms with E-state index < -0.39 is 0 Å². The fourth-order valence-corrected chi connectivity index (χ4v) is 17.9. The third-order valence-electron chi connectivity index (χ3n) is 24.9. The van der Waals surface area contributed by atoms with Gasteiger partial charge in [0.25, 0.3) is 0 Å². The van der Waals surface area contributed by atoms with Crippen LogP contribution in [0.25, 0.3) is 67.5 Å². The van der Waals surface area contributed by atoms with Crippen molar-refractivity contribution in [3.05, 3.63) is 308 Å². The minimum Gasteiger partial charge on any atom is -0.405 e. The fourth-order valence-electron chi connectivity index (χ4n) is 17.3. The number of urea groups is 6. The van der Waals surface area contributed by atoms with Gasteiger partial charge in [0.15, 0.2) is 0 Å². The highest BCUT2D eigenvalue weighted by atomic mass is 32.1. The van der Waals surface area contributed by atoms with E-state index >= 15 is 0 Å². The second-order valence-corrected chi connectivity index (χ2v) is 35.9. The van der Waals surface area contributed by atoms with Crippen molar-refractivity contribution in [2.75, 3.05) is 86.6 Å². The first-order valence-corrected chi connectivity index (χ1v) is 49.1. The second-order valence-electron chi connectivity index (χ2n) is 35.0. The van der Waals surface area contributed by atoms with E-state index in [1.165, 1.54) is 6.20 Å². The predicted molar refractivity (Wildman–Crippen MR) is 570 cm³/mol. The summed E-state index contributed by atoms with van der Waals surface area (Å²) >= 11 is 1.54. The number of benzene rings is 6. The van der Waals surface area contributed by atoms with Crippen LogP contribution in [0, 0.1) is 5.41 Å². The number of aromatic amines is 6. The molecule has 6 aliphatic rings. The molecule has 0 spiro atoms. The molecule has 20 rings (SSSR count). The second kappa shape index (κ2) is 51.7. The number of thiazole rings is 1. The predicted octanol–water partition coefficient (Wildman–Crippen LogP) is 9.59. The lowest BCUT2D eigenvalue weighted by atomic mass is 10.0. The van der Waals surface area contributed by atoms with Gasteiger partial charge in [-0.3, -0.25) is 55.7 Å². The number of nitrogens with one attached hydrogen (secondary N) is 13. The Bertz CT molecular complexity index is 6970. The van der Waals surface area contributed by atoms with Crippen molar-refractivity contribution in [1.29, 1.82) is 5.41 Å². The number of fused-ring (bicyclic) bond motifs is 6. The molecule has 6 aliphatic heterocycles. The van der Waals surface area contributed by atoms with Gasteiger partial charge in [-0.15, -0.1) is 16.4 Å². The van der Waals surface area contributed by atoms with Crippen LogP contribution in [0.4, 0.5) is 28.8 Å². The molecule has 0 bridgehead atoms. The average Bonchev–Trinajstić information content (AvgIpc) is 1.67. The van der Waals surface area contributed by atoms with E-state index in [0.717, 1.165) is 201 Å². The van der Waals surface area contributed by atoms with E-state index in [1.807, 2.05) is 205 Å². The molecule has 14 heterocycles. The van der Waals surface area contributed by atoms with Gasteiger partial charge in [-0.05, 0) is 18.4 Å². The van der Waals surface area contributed by atoms with Crippen molar-refractivity contribution in [3.8, 4) is 67.5 Å². The lowest BCUT2D eigenvalue weighted by molar-refractivity contribution is 0.191. The zero-order valence-electron chi connectivity index (χ0n) is 82.7. The quantitative estimate of drug-likeness (QED) is 0.0138. The molecule has 45 heteroatoms. The van der Waals surface area contributed by atoms with Crippen LogP contribution < -0.4 is 60.7 Å². The van der Waals surface area contributed by atoms with Crippen molar-refractivity contribution in [2.45, 2.75) is 90.9 Å². The molecule has 0 atom stereocenters. The largest absolute Gasteiger partial charge is 0.405 e. The molecule has 0 aliphatic carbocycles. The van der Waals surface area contributed by atoms with Gasteiger partial charge in [-0.1, -0.05) is 182 Å². The van der Waals surface area contributed by atoms with Gasteiger partial charge in [0.1, 0.15) is 11.7 Å². The summed E-state index contributed by atoms with van der Waals surface area (Å²) in [5.74, 6) is 5.64. The fraction of sp³-hybridized carbons (Fsp3) is 0.272. The molecule has 148 heavy (non-hydrogen) atoms. The Morgan fingerprint density at radius 2 is 0.743 bits per heavy atom. The maximum Gasteiger partial charge on any atom is 0.318 e. The number of aryl methyl sites for hydroxylation is 1. The van der Waals surface area contributed by atoms with Gasteiger partial charge in [0.2, 0.25) is 0 Å². The van der Waals surface area contributed by atoms with Gasteiger partial charge in [-0.25, -0.2) is 44.7 Å². The molecule has 14 aromatic rings. The molecule has 0 radical (unpaired) electrons. The first-order valence-electron chi connectivity index (χ1n) is 48.2. The van der Waals surface area contributed by atoms with Crippen molar-refractivity contribution in [1.82, 2.24) is 142 Å².